The van der Waals surface area contributed by atoms with Gasteiger partial charge in [0.25, 0.3) is 5.91 Å². The first-order valence-electron chi connectivity index (χ1n) is 10.9. The van der Waals surface area contributed by atoms with E-state index in [9.17, 15) is 9.90 Å². The normalized spacial score (nSPS) is 12.0. The number of hydrogen-bond acceptors (Lipinski definition) is 6. The van der Waals surface area contributed by atoms with E-state index in [1.165, 1.54) is 0 Å². The second-order valence-electron chi connectivity index (χ2n) is 7.86. The Morgan fingerprint density at radius 1 is 1.27 bits per heavy atom. The number of furan rings is 1. The molecule has 1 atom stereocenters. The molecule has 8 heteroatoms. The summed E-state index contributed by atoms with van der Waals surface area (Å²) in [5.74, 6) is 6.48. The topological polar surface area (TPSA) is 105 Å². The van der Waals surface area contributed by atoms with Crippen molar-refractivity contribution in [1.29, 1.82) is 0 Å². The lowest BCUT2D eigenvalue weighted by atomic mass is 10.1. The summed E-state index contributed by atoms with van der Waals surface area (Å²) in [6.45, 7) is 10.0. The van der Waals surface area contributed by atoms with Crippen LogP contribution < -0.4 is 11.1 Å². The van der Waals surface area contributed by atoms with Gasteiger partial charge < -0.3 is 25.5 Å². The molecule has 0 aliphatic rings. The van der Waals surface area contributed by atoms with Gasteiger partial charge in [-0.1, -0.05) is 37.4 Å². The van der Waals surface area contributed by atoms with Crippen LogP contribution in [0.25, 0.3) is 10.8 Å². The minimum absolute atomic E-state index is 0.133. The number of benzene rings is 1. The van der Waals surface area contributed by atoms with Crippen LogP contribution in [-0.4, -0.2) is 53.2 Å². The van der Waals surface area contributed by atoms with Crippen LogP contribution in [0.1, 0.15) is 46.9 Å². The maximum atomic E-state index is 12.7. The molecule has 0 saturated carbocycles. The van der Waals surface area contributed by atoms with Crippen LogP contribution in [0.2, 0.25) is 5.02 Å². The predicted molar refractivity (Wildman–Crippen MR) is 131 cm³/mol. The third kappa shape index (κ3) is 5.66. The van der Waals surface area contributed by atoms with Crippen LogP contribution in [0.4, 0.5) is 5.82 Å². The fourth-order valence-electron chi connectivity index (χ4n) is 3.52. The lowest BCUT2D eigenvalue weighted by molar-refractivity contribution is 0.0844. The number of fused-ring (bicyclic) bond motifs is 1. The molecule has 7 nitrogen and oxygen atoms in total. The van der Waals surface area contributed by atoms with E-state index < -0.39 is 6.10 Å². The Bertz CT molecular complexity index is 1220. The van der Waals surface area contributed by atoms with E-state index in [1.54, 1.807) is 25.3 Å². The van der Waals surface area contributed by atoms with Crippen molar-refractivity contribution >= 4 is 34.1 Å². The molecule has 0 aliphatic carbocycles. The molecule has 1 unspecified atom stereocenters. The fourth-order valence-corrected chi connectivity index (χ4v) is 3.69. The first-order chi connectivity index (χ1) is 15.7. The molecule has 3 aromatic rings. The van der Waals surface area contributed by atoms with Crippen molar-refractivity contribution in [2.45, 2.75) is 33.8 Å². The highest BCUT2D eigenvalue weighted by molar-refractivity contribution is 6.31. The third-order valence-electron chi connectivity index (χ3n) is 5.70. The summed E-state index contributed by atoms with van der Waals surface area (Å²) >= 11 is 6.15. The molecular weight excluding hydrogens is 440 g/mol. The molecule has 33 heavy (non-hydrogen) atoms. The molecule has 2 aromatic heterocycles. The quantitative estimate of drug-likeness (QED) is 0.458. The third-order valence-corrected chi connectivity index (χ3v) is 5.94. The molecule has 0 saturated heterocycles. The summed E-state index contributed by atoms with van der Waals surface area (Å²) in [6.07, 6.45) is 1.00. The molecule has 4 N–H and O–H groups in total. The number of hydrogen-bond donors (Lipinski definition) is 3. The second-order valence-corrected chi connectivity index (χ2v) is 8.30. The van der Waals surface area contributed by atoms with Gasteiger partial charge in [-0.15, -0.1) is 0 Å². The van der Waals surface area contributed by atoms with Crippen molar-refractivity contribution in [3.63, 3.8) is 0 Å². The number of nitrogens with zero attached hydrogens (tertiary/aromatic N) is 2. The van der Waals surface area contributed by atoms with E-state index >= 15 is 0 Å². The Morgan fingerprint density at radius 3 is 2.70 bits per heavy atom. The maximum absolute atomic E-state index is 12.7. The van der Waals surface area contributed by atoms with Crippen molar-refractivity contribution in [2.24, 2.45) is 0 Å². The lowest BCUT2D eigenvalue weighted by Gasteiger charge is -2.21. The van der Waals surface area contributed by atoms with E-state index in [0.717, 1.165) is 29.4 Å². The smallest absolute Gasteiger partial charge is 0.287 e. The number of nitrogens with two attached hydrogens (primary N) is 1. The number of nitrogen functional groups attached to an aromatic ring is 1. The predicted octanol–water partition coefficient (Wildman–Crippen LogP) is 3.51. The number of pyridine rings is 1. The number of anilines is 1. The van der Waals surface area contributed by atoms with E-state index in [4.69, 9.17) is 21.8 Å². The molecule has 3 rings (SSSR count). The number of carbonyl (C=O) groups excluding carboxylic acids is 1. The summed E-state index contributed by atoms with van der Waals surface area (Å²) in [4.78, 5) is 19.0. The highest BCUT2D eigenvalue weighted by Crippen LogP contribution is 2.26. The largest absolute Gasteiger partial charge is 0.442 e. The average molecular weight is 469 g/mol. The molecule has 0 spiro atoms. The molecule has 0 fully saturated rings. The lowest BCUT2D eigenvalue weighted by Crippen LogP contribution is -2.40. The van der Waals surface area contributed by atoms with Gasteiger partial charge in [0.05, 0.1) is 11.7 Å². The summed E-state index contributed by atoms with van der Waals surface area (Å²) in [5.41, 5.74) is 8.08. The van der Waals surface area contributed by atoms with Gasteiger partial charge in [0, 0.05) is 46.2 Å². The second kappa shape index (κ2) is 10.7. The van der Waals surface area contributed by atoms with E-state index in [2.05, 4.69) is 27.0 Å². The van der Waals surface area contributed by atoms with Gasteiger partial charge in [-0.3, -0.25) is 4.79 Å². The van der Waals surface area contributed by atoms with E-state index in [0.29, 0.717) is 34.3 Å². The summed E-state index contributed by atoms with van der Waals surface area (Å²) < 4.78 is 5.80. The number of amides is 1. The zero-order valence-electron chi connectivity index (χ0n) is 19.3. The summed E-state index contributed by atoms with van der Waals surface area (Å²) in [6, 6.07) is 5.43. The van der Waals surface area contributed by atoms with Gasteiger partial charge in [0.2, 0.25) is 0 Å². The first kappa shape index (κ1) is 24.6. The molecule has 0 aliphatic heterocycles. The highest BCUT2D eigenvalue weighted by Gasteiger charge is 2.20. The zero-order chi connectivity index (χ0) is 24.1. The highest BCUT2D eigenvalue weighted by atomic mass is 35.5. The minimum atomic E-state index is -0.668. The Kier molecular flexibility index (Phi) is 7.98. The van der Waals surface area contributed by atoms with Gasteiger partial charge in [-0.25, -0.2) is 4.98 Å². The standard InChI is InChI=1S/C25H29ClN4O3/c1-5-30(6-2)14-19(31)13-29-25(32)23-16(4)15(3)22(33-23)10-9-20-21-11-18(26)8-7-17(21)12-28-24(20)27/h7-8,11-12,19,31H,5-6,13-14H2,1-4H3,(H2,27,28)(H,29,32). The Labute approximate surface area is 198 Å². The molecule has 1 aromatic carbocycles. The Hall–Kier alpha value is -3.05. The van der Waals surface area contributed by atoms with Crippen LogP contribution in [0.5, 0.6) is 0 Å². The van der Waals surface area contributed by atoms with Crippen LogP contribution in [-0.2, 0) is 0 Å². The van der Waals surface area contributed by atoms with Crippen molar-refractivity contribution in [3.05, 3.63) is 57.6 Å². The van der Waals surface area contributed by atoms with Crippen molar-refractivity contribution in [1.82, 2.24) is 15.2 Å². The monoisotopic (exact) mass is 468 g/mol. The number of aliphatic hydroxyl groups excluding tert-OH is 1. The van der Waals surface area contributed by atoms with Crippen molar-refractivity contribution < 1.29 is 14.3 Å². The number of rotatable bonds is 7. The van der Waals surface area contributed by atoms with Gasteiger partial charge in [-0.05, 0) is 45.0 Å². The van der Waals surface area contributed by atoms with Gasteiger partial charge in [0.1, 0.15) is 5.82 Å². The first-order valence-corrected chi connectivity index (χ1v) is 11.3. The molecule has 2 heterocycles. The van der Waals surface area contributed by atoms with Gasteiger partial charge >= 0.3 is 0 Å². The molecule has 0 bridgehead atoms. The molecule has 1 amide bonds. The summed E-state index contributed by atoms with van der Waals surface area (Å²) in [7, 11) is 0. The SMILES string of the molecule is CCN(CC)CC(O)CNC(=O)c1oc(C#Cc2c(N)ncc3ccc(Cl)cc23)c(C)c1C. The van der Waals surface area contributed by atoms with Crippen molar-refractivity contribution in [2.75, 3.05) is 31.9 Å². The molecule has 174 valence electrons. The van der Waals surface area contributed by atoms with Crippen LogP contribution in [0.3, 0.4) is 0 Å². The zero-order valence-corrected chi connectivity index (χ0v) is 20.1. The molecule has 0 radical (unpaired) electrons. The van der Waals surface area contributed by atoms with E-state index in [-0.39, 0.29) is 18.2 Å². The number of aromatic nitrogens is 1. The number of nitrogens with one attached hydrogen (secondary N) is 1. The number of aliphatic hydroxyl groups is 1. The van der Waals surface area contributed by atoms with Gasteiger partial charge in [-0.2, -0.15) is 0 Å². The maximum Gasteiger partial charge on any atom is 0.287 e. The van der Waals surface area contributed by atoms with Crippen molar-refractivity contribution in [3.8, 4) is 11.8 Å². The number of carbonyl (C=O) groups is 1. The minimum Gasteiger partial charge on any atom is -0.442 e. The Balaban J connectivity index is 1.82. The van der Waals surface area contributed by atoms with E-state index in [1.807, 2.05) is 26.8 Å². The average Bonchev–Trinajstić information content (AvgIpc) is 3.09. The number of halogens is 1. The van der Waals surface area contributed by atoms with Crippen LogP contribution in [0.15, 0.2) is 28.8 Å². The molecular formula is C25H29ClN4O3. The van der Waals surface area contributed by atoms with Crippen LogP contribution in [0, 0.1) is 25.7 Å². The van der Waals surface area contributed by atoms with Gasteiger partial charge in [0.15, 0.2) is 11.5 Å². The number of likely N-dealkylation sites (N-methyl/N-ethyl adjacent to an activating group) is 1. The Morgan fingerprint density at radius 2 is 2.00 bits per heavy atom. The fraction of sp³-hybridized carbons (Fsp3) is 0.360. The summed E-state index contributed by atoms with van der Waals surface area (Å²) in [5, 5.41) is 15.2. The van der Waals surface area contributed by atoms with Crippen LogP contribution >= 0.6 is 11.6 Å².